The van der Waals surface area contributed by atoms with Crippen LogP contribution in [0.5, 0.6) is 0 Å². The number of carbonyl (C=O) groups is 1. The van der Waals surface area contributed by atoms with Crippen LogP contribution in [0.15, 0.2) is 17.1 Å². The third kappa shape index (κ3) is 2.58. The number of fused-ring (bicyclic) bond motifs is 1. The summed E-state index contributed by atoms with van der Waals surface area (Å²) in [5.41, 5.74) is 3.27. The first-order valence-corrected chi connectivity index (χ1v) is 7.97. The van der Waals surface area contributed by atoms with Crippen LogP contribution in [0.2, 0.25) is 0 Å². The van der Waals surface area contributed by atoms with Crippen molar-refractivity contribution in [1.82, 2.24) is 19.4 Å². The molecule has 1 aliphatic rings. The van der Waals surface area contributed by atoms with Gasteiger partial charge in [-0.05, 0) is 13.8 Å². The normalized spacial score (nSPS) is 17.8. The van der Waals surface area contributed by atoms with Gasteiger partial charge < -0.3 is 14.2 Å². The summed E-state index contributed by atoms with van der Waals surface area (Å²) in [6.45, 7) is 6.65. The number of aromatic nitrogens is 3. The molecule has 0 radical (unpaired) electrons. The molecule has 0 unspecified atom stereocenters. The van der Waals surface area contributed by atoms with Crippen molar-refractivity contribution in [1.29, 1.82) is 0 Å². The highest BCUT2D eigenvalue weighted by Gasteiger charge is 2.31. The van der Waals surface area contributed by atoms with Crippen molar-refractivity contribution in [3.63, 3.8) is 0 Å². The molecule has 0 aliphatic carbocycles. The summed E-state index contributed by atoms with van der Waals surface area (Å²) in [6.07, 6.45) is 1.85. The number of rotatable bonds is 4. The Balaban J connectivity index is 1.81. The van der Waals surface area contributed by atoms with E-state index in [1.54, 1.807) is 10.9 Å². The molecule has 112 valence electrons. The van der Waals surface area contributed by atoms with E-state index < -0.39 is 0 Å². The molecule has 0 saturated heterocycles. The summed E-state index contributed by atoms with van der Waals surface area (Å²) in [4.78, 5) is 22.9. The number of thiazole rings is 1. The van der Waals surface area contributed by atoms with E-state index in [9.17, 15) is 4.79 Å². The molecule has 1 amide bonds. The topological polar surface area (TPSA) is 60.2 Å². The average Bonchev–Trinajstić information content (AvgIpc) is 3.15. The third-order valence-corrected chi connectivity index (χ3v) is 4.33. The highest BCUT2D eigenvalue weighted by molar-refractivity contribution is 7.07. The number of imidazole rings is 1. The second kappa shape index (κ2) is 5.95. The molecule has 0 saturated carbocycles. The lowest BCUT2D eigenvalue weighted by atomic mass is 10.2. The van der Waals surface area contributed by atoms with Gasteiger partial charge in [-0.2, -0.15) is 0 Å². The van der Waals surface area contributed by atoms with E-state index in [4.69, 9.17) is 4.74 Å². The summed E-state index contributed by atoms with van der Waals surface area (Å²) < 4.78 is 7.62. The van der Waals surface area contributed by atoms with Crippen LogP contribution in [0.4, 0.5) is 0 Å². The maximum absolute atomic E-state index is 12.5. The van der Waals surface area contributed by atoms with Gasteiger partial charge in [0.05, 0.1) is 30.1 Å². The Labute approximate surface area is 127 Å². The zero-order chi connectivity index (χ0) is 14.8. The molecule has 3 rings (SSSR count). The van der Waals surface area contributed by atoms with Crippen LogP contribution < -0.4 is 0 Å². The van der Waals surface area contributed by atoms with Gasteiger partial charge in [0.2, 0.25) is 0 Å². The quantitative estimate of drug-likeness (QED) is 0.868. The van der Waals surface area contributed by atoms with Crippen molar-refractivity contribution >= 4 is 17.2 Å². The third-order valence-electron chi connectivity index (χ3n) is 3.74. The summed E-state index contributed by atoms with van der Waals surface area (Å²) in [7, 11) is 0. The van der Waals surface area contributed by atoms with Gasteiger partial charge in [-0.3, -0.25) is 4.79 Å². The Kier molecular flexibility index (Phi) is 4.03. The summed E-state index contributed by atoms with van der Waals surface area (Å²) in [5.74, 6) is 0.892. The fourth-order valence-electron chi connectivity index (χ4n) is 2.62. The van der Waals surface area contributed by atoms with Crippen LogP contribution in [-0.2, 0) is 17.9 Å². The molecule has 1 atom stereocenters. The highest BCUT2D eigenvalue weighted by Crippen LogP contribution is 2.27. The van der Waals surface area contributed by atoms with Crippen molar-refractivity contribution in [2.75, 3.05) is 13.2 Å². The van der Waals surface area contributed by atoms with E-state index in [1.807, 2.05) is 24.9 Å². The Morgan fingerprint density at radius 2 is 2.33 bits per heavy atom. The second-order valence-corrected chi connectivity index (χ2v) is 5.66. The number of amides is 1. The summed E-state index contributed by atoms with van der Waals surface area (Å²) >= 11 is 1.44. The standard InChI is InChI=1S/C14H18N4O2S/c1-3-20-7-11-6-15-13-10(2)17(4-5-18(11)13)14(19)12-8-21-9-16-12/h6,8-10H,3-5,7H2,1-2H3/t10-/m1/s1. The van der Waals surface area contributed by atoms with Crippen molar-refractivity contribution in [2.45, 2.75) is 33.0 Å². The molecule has 2 aromatic rings. The molecule has 6 nitrogen and oxygen atoms in total. The van der Waals surface area contributed by atoms with Gasteiger partial charge in [-0.1, -0.05) is 0 Å². The highest BCUT2D eigenvalue weighted by atomic mass is 32.1. The van der Waals surface area contributed by atoms with Gasteiger partial charge in [0.1, 0.15) is 11.5 Å². The molecule has 0 N–H and O–H groups in total. The predicted octanol–water partition coefficient (Wildman–Crippen LogP) is 2.09. The van der Waals surface area contributed by atoms with Crippen LogP contribution in [0, 0.1) is 0 Å². The molecule has 0 fully saturated rings. The fraction of sp³-hybridized carbons (Fsp3) is 0.500. The Hall–Kier alpha value is -1.73. The van der Waals surface area contributed by atoms with E-state index in [1.165, 1.54) is 11.3 Å². The van der Waals surface area contributed by atoms with E-state index in [0.717, 1.165) is 18.1 Å². The van der Waals surface area contributed by atoms with E-state index in [2.05, 4.69) is 14.5 Å². The molecule has 3 heterocycles. The minimum Gasteiger partial charge on any atom is -0.375 e. The van der Waals surface area contributed by atoms with E-state index >= 15 is 0 Å². The van der Waals surface area contributed by atoms with Gasteiger partial charge in [0.15, 0.2) is 0 Å². The molecule has 0 spiro atoms. The maximum atomic E-state index is 12.5. The van der Waals surface area contributed by atoms with Gasteiger partial charge in [0, 0.05) is 25.1 Å². The number of hydrogen-bond donors (Lipinski definition) is 0. The molecular weight excluding hydrogens is 288 g/mol. The molecular formula is C14H18N4O2S. The van der Waals surface area contributed by atoms with Crippen LogP contribution in [0.3, 0.4) is 0 Å². The zero-order valence-electron chi connectivity index (χ0n) is 12.2. The SMILES string of the molecule is CCOCc1cnc2n1CCN(C(=O)c1cscn1)[C@@H]2C. The molecule has 7 heteroatoms. The lowest BCUT2D eigenvalue weighted by molar-refractivity contribution is 0.0624. The monoisotopic (exact) mass is 306 g/mol. The van der Waals surface area contributed by atoms with Crippen LogP contribution >= 0.6 is 11.3 Å². The van der Waals surface area contributed by atoms with Gasteiger partial charge in [0.25, 0.3) is 5.91 Å². The maximum Gasteiger partial charge on any atom is 0.273 e. The Morgan fingerprint density at radius 3 is 3.05 bits per heavy atom. The van der Waals surface area contributed by atoms with E-state index in [-0.39, 0.29) is 11.9 Å². The molecule has 21 heavy (non-hydrogen) atoms. The number of ether oxygens (including phenoxy) is 1. The Morgan fingerprint density at radius 1 is 1.48 bits per heavy atom. The first-order valence-electron chi connectivity index (χ1n) is 7.03. The Bertz CT molecular complexity index is 623. The summed E-state index contributed by atoms with van der Waals surface area (Å²) in [6, 6.07) is -0.0525. The van der Waals surface area contributed by atoms with Crippen molar-refractivity contribution < 1.29 is 9.53 Å². The van der Waals surface area contributed by atoms with Crippen LogP contribution in [-0.4, -0.2) is 38.5 Å². The molecule has 0 bridgehead atoms. The molecule has 0 aromatic carbocycles. The fourth-order valence-corrected chi connectivity index (χ4v) is 3.15. The molecule has 2 aromatic heterocycles. The number of hydrogen-bond acceptors (Lipinski definition) is 5. The second-order valence-electron chi connectivity index (χ2n) is 4.94. The first-order chi connectivity index (χ1) is 10.2. The van der Waals surface area contributed by atoms with Gasteiger partial charge in [-0.25, -0.2) is 9.97 Å². The van der Waals surface area contributed by atoms with Gasteiger partial charge in [-0.15, -0.1) is 11.3 Å². The lowest BCUT2D eigenvalue weighted by Crippen LogP contribution is -2.41. The number of nitrogens with zero attached hydrogens (tertiary/aromatic N) is 4. The summed E-state index contributed by atoms with van der Waals surface area (Å²) in [5, 5.41) is 1.79. The average molecular weight is 306 g/mol. The van der Waals surface area contributed by atoms with Crippen molar-refractivity contribution in [2.24, 2.45) is 0 Å². The molecule has 1 aliphatic heterocycles. The minimum absolute atomic E-state index is 0.0237. The van der Waals surface area contributed by atoms with Crippen molar-refractivity contribution in [3.05, 3.63) is 34.3 Å². The first kappa shape index (κ1) is 14.2. The predicted molar refractivity (Wildman–Crippen MR) is 79.1 cm³/mol. The van der Waals surface area contributed by atoms with E-state index in [0.29, 0.717) is 25.5 Å². The largest absolute Gasteiger partial charge is 0.375 e. The van der Waals surface area contributed by atoms with Crippen LogP contribution in [0.1, 0.15) is 41.9 Å². The number of carbonyl (C=O) groups excluding carboxylic acids is 1. The van der Waals surface area contributed by atoms with Gasteiger partial charge >= 0.3 is 0 Å². The van der Waals surface area contributed by atoms with Crippen LogP contribution in [0.25, 0.3) is 0 Å². The smallest absolute Gasteiger partial charge is 0.273 e. The van der Waals surface area contributed by atoms with Crippen molar-refractivity contribution in [3.8, 4) is 0 Å². The lowest BCUT2D eigenvalue weighted by Gasteiger charge is -2.34. The zero-order valence-corrected chi connectivity index (χ0v) is 13.0. The minimum atomic E-state index is -0.0525.